The van der Waals surface area contributed by atoms with Gasteiger partial charge in [0.2, 0.25) is 11.3 Å². The Morgan fingerprint density at radius 3 is 2.38 bits per heavy atom. The number of nitrogens with two attached hydrogens (primary N) is 1. The van der Waals surface area contributed by atoms with Crippen molar-refractivity contribution in [2.75, 3.05) is 60.1 Å². The minimum Gasteiger partial charge on any atom is -0.477 e. The molecule has 5 rings (SSSR count). The molecule has 3 heterocycles. The number of halogens is 2. The van der Waals surface area contributed by atoms with Crippen molar-refractivity contribution in [1.82, 2.24) is 4.68 Å². The molecule has 1 aromatic heterocycles. The number of nitrogens with zero attached hydrogens (tertiary/aromatic N) is 4. The first-order valence-electron chi connectivity index (χ1n) is 12.8. The van der Waals surface area contributed by atoms with Crippen molar-refractivity contribution in [1.29, 1.82) is 0 Å². The molecule has 40 heavy (non-hydrogen) atoms. The fourth-order valence-electron chi connectivity index (χ4n) is 5.01. The number of anilines is 3. The van der Waals surface area contributed by atoms with Gasteiger partial charge in [-0.3, -0.25) is 19.3 Å². The summed E-state index contributed by atoms with van der Waals surface area (Å²) in [6.45, 7) is 5.04. The van der Waals surface area contributed by atoms with Gasteiger partial charge in [0.15, 0.2) is 18.3 Å². The molecule has 1 fully saturated rings. The maximum atomic E-state index is 15.5. The summed E-state index contributed by atoms with van der Waals surface area (Å²) in [5, 5.41) is 13.6. The number of carbonyl (C=O) groups is 2. The van der Waals surface area contributed by atoms with Crippen molar-refractivity contribution in [2.45, 2.75) is 19.9 Å². The van der Waals surface area contributed by atoms with Crippen LogP contribution in [-0.4, -0.2) is 67.7 Å². The number of ether oxygens (including phenoxy) is 1. The van der Waals surface area contributed by atoms with E-state index in [4.69, 9.17) is 10.5 Å². The lowest BCUT2D eigenvalue weighted by atomic mass is 10.0. The highest BCUT2D eigenvalue weighted by Gasteiger charge is 2.31. The second-order valence-electron chi connectivity index (χ2n) is 10.3. The third-order valence-corrected chi connectivity index (χ3v) is 7.32. The Kier molecular flexibility index (Phi) is 7.00. The van der Waals surface area contributed by atoms with Gasteiger partial charge >= 0.3 is 5.97 Å². The number of aromatic nitrogens is 1. The van der Waals surface area contributed by atoms with Crippen LogP contribution in [0.1, 0.15) is 24.2 Å². The van der Waals surface area contributed by atoms with Crippen LogP contribution in [0.5, 0.6) is 5.75 Å². The average Bonchev–Trinajstić information content (AvgIpc) is 2.91. The van der Waals surface area contributed by atoms with Crippen LogP contribution >= 0.6 is 0 Å². The molecule has 4 N–H and O–H groups in total. The minimum atomic E-state index is -1.40. The van der Waals surface area contributed by atoms with E-state index in [0.717, 1.165) is 6.07 Å². The fourth-order valence-corrected chi connectivity index (χ4v) is 5.01. The van der Waals surface area contributed by atoms with E-state index >= 15 is 8.78 Å². The molecular weight excluding hydrogens is 526 g/mol. The quantitative estimate of drug-likeness (QED) is 0.418. The Morgan fingerprint density at radius 2 is 1.75 bits per heavy atom. The van der Waals surface area contributed by atoms with Gasteiger partial charge < -0.3 is 30.7 Å². The Morgan fingerprint density at radius 1 is 1.07 bits per heavy atom. The standard InChI is InChI=1S/C27H30F2N6O5/c1-14(2)21(30)26(37)31-15-4-5-20(18(28)10-15)33-6-8-34(9-7-33)23-19(29)11-16-22-25(23)40-13-32(3)35(22)12-17(24(16)36)27(38)39/h4-5,10-12,14,21H,6-9,13,30H2,1-3H3,(H,31,37)(H,38,39). The van der Waals surface area contributed by atoms with E-state index < -0.39 is 40.5 Å². The Hall–Kier alpha value is -4.39. The van der Waals surface area contributed by atoms with Gasteiger partial charge in [-0.2, -0.15) is 0 Å². The number of rotatable bonds is 6. The molecule has 1 atom stereocenters. The van der Waals surface area contributed by atoms with Crippen molar-refractivity contribution in [3.8, 4) is 5.75 Å². The van der Waals surface area contributed by atoms with Crippen molar-refractivity contribution in [3.63, 3.8) is 0 Å². The van der Waals surface area contributed by atoms with Crippen molar-refractivity contribution in [2.24, 2.45) is 11.7 Å². The smallest absolute Gasteiger partial charge is 0.341 e. The second-order valence-corrected chi connectivity index (χ2v) is 10.3. The number of amides is 1. The number of carbonyl (C=O) groups excluding carboxylic acids is 1. The molecule has 2 aliphatic heterocycles. The first-order valence-corrected chi connectivity index (χ1v) is 12.8. The van der Waals surface area contributed by atoms with Gasteiger partial charge in [-0.05, 0) is 30.2 Å². The van der Waals surface area contributed by atoms with Gasteiger partial charge in [0, 0.05) is 45.1 Å². The van der Waals surface area contributed by atoms with Crippen molar-refractivity contribution in [3.05, 3.63) is 57.9 Å². The van der Waals surface area contributed by atoms with Crippen LogP contribution in [0.2, 0.25) is 0 Å². The molecule has 2 aromatic carbocycles. The Bertz CT molecular complexity index is 1570. The normalized spacial score (nSPS) is 15.8. The summed E-state index contributed by atoms with van der Waals surface area (Å²) in [4.78, 5) is 40.3. The lowest BCUT2D eigenvalue weighted by molar-refractivity contribution is -0.118. The third-order valence-electron chi connectivity index (χ3n) is 7.32. The Labute approximate surface area is 228 Å². The number of benzene rings is 2. The summed E-state index contributed by atoms with van der Waals surface area (Å²) in [7, 11) is 1.66. The molecule has 212 valence electrons. The van der Waals surface area contributed by atoms with Gasteiger partial charge in [0.25, 0.3) is 0 Å². The van der Waals surface area contributed by atoms with Gasteiger partial charge in [-0.1, -0.05) is 13.8 Å². The predicted molar refractivity (Wildman–Crippen MR) is 147 cm³/mol. The summed E-state index contributed by atoms with van der Waals surface area (Å²) in [5.41, 5.74) is 5.69. The molecule has 13 heteroatoms. The van der Waals surface area contributed by atoms with Gasteiger partial charge in [0.05, 0.1) is 17.1 Å². The number of hydrogen-bond acceptors (Lipinski definition) is 8. The molecule has 1 amide bonds. The number of hydrogen-bond donors (Lipinski definition) is 3. The SMILES string of the molecule is CC(C)C(N)C(=O)Nc1ccc(N2CCN(c3c(F)cc4c(=O)c(C(=O)O)cn5c4c3OCN5C)CC2)c(F)c1. The molecule has 1 saturated heterocycles. The first-order chi connectivity index (χ1) is 19.0. The summed E-state index contributed by atoms with van der Waals surface area (Å²) >= 11 is 0. The van der Waals surface area contributed by atoms with Crippen LogP contribution in [-0.2, 0) is 4.79 Å². The van der Waals surface area contributed by atoms with Crippen LogP contribution in [0.4, 0.5) is 25.8 Å². The number of carboxylic acid groups (broad SMARTS) is 1. The van der Waals surface area contributed by atoms with Crippen LogP contribution < -0.4 is 36.0 Å². The highest BCUT2D eigenvalue weighted by molar-refractivity contribution is 5.97. The first kappa shape index (κ1) is 27.2. The van der Waals surface area contributed by atoms with Crippen LogP contribution in [0.15, 0.2) is 35.3 Å². The van der Waals surface area contributed by atoms with E-state index in [1.165, 1.54) is 16.9 Å². The molecule has 1 unspecified atom stereocenters. The van der Waals surface area contributed by atoms with Gasteiger partial charge in [-0.25, -0.2) is 13.6 Å². The van der Waals surface area contributed by atoms with Crippen LogP contribution in [0.3, 0.4) is 0 Å². The molecule has 3 aromatic rings. The third kappa shape index (κ3) is 4.66. The summed E-state index contributed by atoms with van der Waals surface area (Å²) in [5.74, 6) is -2.93. The van der Waals surface area contributed by atoms with E-state index in [0.29, 0.717) is 37.6 Å². The summed E-state index contributed by atoms with van der Waals surface area (Å²) in [6.07, 6.45) is 1.21. The zero-order chi connectivity index (χ0) is 28.9. The van der Waals surface area contributed by atoms with Crippen LogP contribution in [0.25, 0.3) is 10.9 Å². The summed E-state index contributed by atoms with van der Waals surface area (Å²) < 4.78 is 37.9. The average molecular weight is 557 g/mol. The number of pyridine rings is 1. The molecule has 0 saturated carbocycles. The lowest BCUT2D eigenvalue weighted by Gasteiger charge is -2.39. The number of aromatic carboxylic acids is 1. The number of nitrogens with one attached hydrogen (secondary N) is 1. The summed E-state index contributed by atoms with van der Waals surface area (Å²) in [6, 6.07) is 4.77. The monoisotopic (exact) mass is 556 g/mol. The van der Waals surface area contributed by atoms with E-state index in [2.05, 4.69) is 5.32 Å². The van der Waals surface area contributed by atoms with E-state index in [1.807, 2.05) is 18.7 Å². The van der Waals surface area contributed by atoms with E-state index in [9.17, 15) is 19.5 Å². The molecular formula is C27H30F2N6O5. The molecule has 11 nitrogen and oxygen atoms in total. The molecule has 0 spiro atoms. The highest BCUT2D eigenvalue weighted by atomic mass is 19.1. The molecule has 0 radical (unpaired) electrons. The predicted octanol–water partition coefficient (Wildman–Crippen LogP) is 2.14. The van der Waals surface area contributed by atoms with Crippen molar-refractivity contribution < 1.29 is 28.2 Å². The topological polar surface area (TPSA) is 133 Å². The zero-order valence-electron chi connectivity index (χ0n) is 22.3. The van der Waals surface area contributed by atoms with Gasteiger partial charge in [-0.15, -0.1) is 0 Å². The minimum absolute atomic E-state index is 0.0105. The number of piperazine rings is 1. The molecule has 2 aliphatic rings. The maximum Gasteiger partial charge on any atom is 0.341 e. The lowest BCUT2D eigenvalue weighted by Crippen LogP contribution is -2.47. The van der Waals surface area contributed by atoms with Gasteiger partial charge in [0.1, 0.15) is 22.6 Å². The van der Waals surface area contributed by atoms with E-state index in [-0.39, 0.29) is 35.0 Å². The fraction of sp³-hybridized carbons (Fsp3) is 0.370. The van der Waals surface area contributed by atoms with Crippen molar-refractivity contribution >= 4 is 39.8 Å². The number of carboxylic acids is 1. The zero-order valence-corrected chi connectivity index (χ0v) is 22.3. The largest absolute Gasteiger partial charge is 0.477 e. The van der Waals surface area contributed by atoms with E-state index in [1.54, 1.807) is 29.1 Å². The second kappa shape index (κ2) is 10.3. The molecule has 0 bridgehead atoms. The maximum absolute atomic E-state index is 15.5. The molecule has 0 aliphatic carbocycles. The Balaban J connectivity index is 1.39. The highest BCUT2D eigenvalue weighted by Crippen LogP contribution is 2.40. The van der Waals surface area contributed by atoms with Crippen LogP contribution in [0, 0.1) is 17.6 Å².